The van der Waals surface area contributed by atoms with Gasteiger partial charge in [0.25, 0.3) is 0 Å². The van der Waals surface area contributed by atoms with E-state index >= 15 is 0 Å². The van der Waals surface area contributed by atoms with Crippen molar-refractivity contribution in [3.63, 3.8) is 0 Å². The quantitative estimate of drug-likeness (QED) is 0.841. The van der Waals surface area contributed by atoms with E-state index in [4.69, 9.17) is 9.47 Å². The van der Waals surface area contributed by atoms with E-state index in [0.29, 0.717) is 18.7 Å². The molecule has 1 aromatic carbocycles. The number of carbonyl (C=O) groups is 2. The van der Waals surface area contributed by atoms with Gasteiger partial charge in [-0.3, -0.25) is 10.6 Å². The molecule has 2 N–H and O–H groups in total. The minimum Gasteiger partial charge on any atom is -0.449 e. The van der Waals surface area contributed by atoms with Crippen LogP contribution >= 0.6 is 0 Å². The summed E-state index contributed by atoms with van der Waals surface area (Å²) in [6, 6.07) is 12.6. The third-order valence-corrected chi connectivity index (χ3v) is 2.91. The lowest BCUT2D eigenvalue weighted by Crippen LogP contribution is -2.19. The van der Waals surface area contributed by atoms with E-state index in [0.717, 1.165) is 5.56 Å². The van der Waals surface area contributed by atoms with Crippen LogP contribution in [-0.2, 0) is 16.1 Å². The lowest BCUT2D eigenvalue weighted by atomic mass is 10.2. The van der Waals surface area contributed by atoms with Crippen molar-refractivity contribution in [3.05, 3.63) is 54.2 Å². The van der Waals surface area contributed by atoms with Crippen molar-refractivity contribution in [2.24, 2.45) is 0 Å². The zero-order chi connectivity index (χ0) is 17.2. The summed E-state index contributed by atoms with van der Waals surface area (Å²) < 4.78 is 10.1. The first-order chi connectivity index (χ1) is 11.7. The first-order valence-corrected chi connectivity index (χ1v) is 7.55. The molecule has 0 aliphatic rings. The molecule has 0 bridgehead atoms. The van der Waals surface area contributed by atoms with E-state index in [1.165, 1.54) is 6.20 Å². The van der Waals surface area contributed by atoms with Crippen LogP contribution in [0, 0.1) is 0 Å². The lowest BCUT2D eigenvalue weighted by Gasteiger charge is -2.11. The van der Waals surface area contributed by atoms with Crippen molar-refractivity contribution in [2.45, 2.75) is 20.0 Å². The highest BCUT2D eigenvalue weighted by Gasteiger charge is 2.12. The third-order valence-electron chi connectivity index (χ3n) is 2.91. The number of nitrogens with one attached hydrogen (secondary N) is 2. The number of pyridine rings is 1. The molecule has 24 heavy (non-hydrogen) atoms. The first-order valence-electron chi connectivity index (χ1n) is 7.55. The van der Waals surface area contributed by atoms with Crippen molar-refractivity contribution in [1.29, 1.82) is 0 Å². The molecule has 1 aromatic heterocycles. The fourth-order valence-electron chi connectivity index (χ4n) is 1.80. The summed E-state index contributed by atoms with van der Waals surface area (Å²) >= 11 is 0. The highest BCUT2D eigenvalue weighted by molar-refractivity contribution is 5.93. The molecule has 126 valence electrons. The van der Waals surface area contributed by atoms with Gasteiger partial charge in [0, 0.05) is 6.20 Å². The molecular weight excluding hydrogens is 310 g/mol. The number of amides is 2. The van der Waals surface area contributed by atoms with Gasteiger partial charge in [0.2, 0.25) is 0 Å². The number of nitrogens with zero attached hydrogens (tertiary/aromatic N) is 1. The smallest absolute Gasteiger partial charge is 0.412 e. The predicted octanol–water partition coefficient (Wildman–Crippen LogP) is 3.79. The number of aromatic nitrogens is 1. The molecule has 0 spiro atoms. The molecule has 7 nitrogen and oxygen atoms in total. The van der Waals surface area contributed by atoms with Crippen molar-refractivity contribution in [1.82, 2.24) is 4.98 Å². The van der Waals surface area contributed by atoms with E-state index in [2.05, 4.69) is 15.6 Å². The molecule has 0 saturated carbocycles. The van der Waals surface area contributed by atoms with Gasteiger partial charge in [-0.25, -0.2) is 14.6 Å². The van der Waals surface area contributed by atoms with Crippen molar-refractivity contribution >= 4 is 23.7 Å². The maximum absolute atomic E-state index is 11.9. The fraction of sp³-hybridized carbons (Fsp3) is 0.235. The SMILES string of the molecule is CCCOC(=O)Nc1ncccc1NC(=O)OCc1ccccc1. The van der Waals surface area contributed by atoms with Crippen LogP contribution in [0.25, 0.3) is 0 Å². The Kier molecular flexibility index (Phi) is 6.58. The van der Waals surface area contributed by atoms with Crippen LogP contribution in [0.2, 0.25) is 0 Å². The van der Waals surface area contributed by atoms with E-state index in [1.54, 1.807) is 12.1 Å². The van der Waals surface area contributed by atoms with Crippen LogP contribution in [0.1, 0.15) is 18.9 Å². The molecule has 7 heteroatoms. The van der Waals surface area contributed by atoms with Gasteiger partial charge in [-0.1, -0.05) is 37.3 Å². The van der Waals surface area contributed by atoms with Crippen molar-refractivity contribution in [3.8, 4) is 0 Å². The second-order valence-electron chi connectivity index (χ2n) is 4.85. The van der Waals surface area contributed by atoms with Crippen LogP contribution in [-0.4, -0.2) is 23.8 Å². The van der Waals surface area contributed by atoms with Crippen LogP contribution < -0.4 is 10.6 Å². The molecule has 0 aliphatic heterocycles. The molecule has 0 fully saturated rings. The standard InChI is InChI=1S/C17H19N3O4/c1-2-11-23-17(22)20-15-14(9-6-10-18-15)19-16(21)24-12-13-7-4-3-5-8-13/h3-10H,2,11-12H2,1H3,(H,19,21)(H,18,20,22). The van der Waals surface area contributed by atoms with Crippen molar-refractivity contribution in [2.75, 3.05) is 17.2 Å². The third kappa shape index (κ3) is 5.60. The van der Waals surface area contributed by atoms with Gasteiger partial charge in [-0.2, -0.15) is 0 Å². The van der Waals surface area contributed by atoms with Gasteiger partial charge in [0.05, 0.1) is 12.3 Å². The maximum atomic E-state index is 11.9. The number of benzene rings is 1. The molecule has 0 radical (unpaired) electrons. The minimum atomic E-state index is -0.642. The monoisotopic (exact) mass is 329 g/mol. The first kappa shape index (κ1) is 17.3. The number of anilines is 2. The Morgan fingerprint density at radius 3 is 2.50 bits per heavy atom. The molecule has 0 aliphatic carbocycles. The van der Waals surface area contributed by atoms with Crippen LogP contribution in [0.5, 0.6) is 0 Å². The Morgan fingerprint density at radius 2 is 1.75 bits per heavy atom. The Hall–Kier alpha value is -3.09. The van der Waals surface area contributed by atoms with E-state index in [-0.39, 0.29) is 12.4 Å². The molecule has 0 unspecified atom stereocenters. The summed E-state index contributed by atoms with van der Waals surface area (Å²) in [5.74, 6) is 0.190. The molecule has 2 amide bonds. The Bertz CT molecular complexity index is 677. The summed E-state index contributed by atoms with van der Waals surface area (Å²) in [4.78, 5) is 27.5. The van der Waals surface area contributed by atoms with Gasteiger partial charge in [-0.15, -0.1) is 0 Å². The topological polar surface area (TPSA) is 89.5 Å². The lowest BCUT2D eigenvalue weighted by molar-refractivity contribution is 0.155. The van der Waals surface area contributed by atoms with Gasteiger partial charge in [-0.05, 0) is 24.1 Å². The summed E-state index contributed by atoms with van der Waals surface area (Å²) in [7, 11) is 0. The second kappa shape index (κ2) is 9.14. The van der Waals surface area contributed by atoms with Crippen molar-refractivity contribution < 1.29 is 19.1 Å². The van der Waals surface area contributed by atoms with Crippen LogP contribution in [0.3, 0.4) is 0 Å². The van der Waals surface area contributed by atoms with Crippen LogP contribution in [0.15, 0.2) is 48.7 Å². The molecule has 2 aromatic rings. The Balaban J connectivity index is 1.91. The Labute approximate surface area is 140 Å². The Morgan fingerprint density at radius 1 is 1.00 bits per heavy atom. The van der Waals surface area contributed by atoms with Crippen LogP contribution in [0.4, 0.5) is 21.1 Å². The number of hydrogen-bond acceptors (Lipinski definition) is 5. The summed E-state index contributed by atoms with van der Waals surface area (Å²) in [6.45, 7) is 2.35. The molecule has 0 atom stereocenters. The van der Waals surface area contributed by atoms with Gasteiger partial charge >= 0.3 is 12.2 Å². The van der Waals surface area contributed by atoms with Gasteiger partial charge < -0.3 is 9.47 Å². The molecule has 0 saturated heterocycles. The van der Waals surface area contributed by atoms with E-state index < -0.39 is 12.2 Å². The number of rotatable bonds is 6. The fourth-order valence-corrected chi connectivity index (χ4v) is 1.80. The zero-order valence-electron chi connectivity index (χ0n) is 13.3. The van der Waals surface area contributed by atoms with E-state index in [9.17, 15) is 9.59 Å². The molecule has 2 rings (SSSR count). The largest absolute Gasteiger partial charge is 0.449 e. The molecular formula is C17H19N3O4. The normalized spacial score (nSPS) is 9.88. The highest BCUT2D eigenvalue weighted by atomic mass is 16.6. The highest BCUT2D eigenvalue weighted by Crippen LogP contribution is 2.18. The molecule has 1 heterocycles. The zero-order valence-corrected chi connectivity index (χ0v) is 13.3. The summed E-state index contributed by atoms with van der Waals surface area (Å²) in [5, 5.41) is 5.03. The number of ether oxygens (including phenoxy) is 2. The number of hydrogen-bond donors (Lipinski definition) is 2. The predicted molar refractivity (Wildman–Crippen MR) is 89.7 cm³/mol. The number of carbonyl (C=O) groups excluding carboxylic acids is 2. The minimum absolute atomic E-state index is 0.147. The average Bonchev–Trinajstić information content (AvgIpc) is 2.61. The maximum Gasteiger partial charge on any atom is 0.412 e. The summed E-state index contributed by atoms with van der Waals surface area (Å²) in [5.41, 5.74) is 1.20. The van der Waals surface area contributed by atoms with Gasteiger partial charge in [0.15, 0.2) is 5.82 Å². The van der Waals surface area contributed by atoms with E-state index in [1.807, 2.05) is 37.3 Å². The van der Waals surface area contributed by atoms with Gasteiger partial charge in [0.1, 0.15) is 6.61 Å². The average molecular weight is 329 g/mol. The summed E-state index contributed by atoms with van der Waals surface area (Å²) in [6.07, 6.45) is 0.940. The second-order valence-corrected chi connectivity index (χ2v) is 4.85.